The molecule has 0 aliphatic rings. The predicted molar refractivity (Wildman–Crippen MR) is 69.0 cm³/mol. The summed E-state index contributed by atoms with van der Waals surface area (Å²) in [5.74, 6) is -0.691. The second kappa shape index (κ2) is 5.05. The molecule has 7 heteroatoms. The Hall–Kier alpha value is -2.44. The zero-order valence-electron chi connectivity index (χ0n) is 11.0. The van der Waals surface area contributed by atoms with Gasteiger partial charge in [0.2, 0.25) is 5.91 Å². The van der Waals surface area contributed by atoms with Gasteiger partial charge in [-0.25, -0.2) is 4.68 Å². The van der Waals surface area contributed by atoms with Crippen LogP contribution in [0.1, 0.15) is 18.1 Å². The zero-order valence-corrected chi connectivity index (χ0v) is 11.0. The summed E-state index contributed by atoms with van der Waals surface area (Å²) in [4.78, 5) is 22.3. The molecule has 0 saturated heterocycles. The highest BCUT2D eigenvalue weighted by Crippen LogP contribution is 2.16. The van der Waals surface area contributed by atoms with Gasteiger partial charge in [-0.05, 0) is 37.1 Å². The standard InChI is InChI=1S/C12H15N5O2/c1-7-4-10-11(5-8(7)2)17(16-14-10)6-12(19)15-13-9(3)18/h4-5H,6H2,1-3H3,(H,13,18)(H,15,19). The lowest BCUT2D eigenvalue weighted by atomic mass is 10.1. The van der Waals surface area contributed by atoms with Crippen LogP contribution >= 0.6 is 0 Å². The van der Waals surface area contributed by atoms with Crippen LogP contribution in [0.4, 0.5) is 0 Å². The molecule has 0 bridgehead atoms. The molecule has 0 radical (unpaired) electrons. The van der Waals surface area contributed by atoms with Crippen LogP contribution in [0.25, 0.3) is 11.0 Å². The van der Waals surface area contributed by atoms with Crippen molar-refractivity contribution in [2.45, 2.75) is 27.3 Å². The normalized spacial score (nSPS) is 10.5. The van der Waals surface area contributed by atoms with Crippen molar-refractivity contribution in [3.8, 4) is 0 Å². The summed E-state index contributed by atoms with van der Waals surface area (Å²) in [7, 11) is 0. The molecule has 100 valence electrons. The SMILES string of the molecule is CC(=O)NNC(=O)Cn1nnc2cc(C)c(C)cc21. The number of nitrogens with one attached hydrogen (secondary N) is 2. The Labute approximate surface area is 109 Å². The number of rotatable bonds is 2. The largest absolute Gasteiger partial charge is 0.274 e. The number of nitrogens with zero attached hydrogens (tertiary/aromatic N) is 3. The molecule has 0 atom stereocenters. The highest BCUT2D eigenvalue weighted by Gasteiger charge is 2.10. The van der Waals surface area contributed by atoms with Crippen LogP contribution in [0.15, 0.2) is 12.1 Å². The van der Waals surface area contributed by atoms with Crippen LogP contribution in [-0.4, -0.2) is 26.8 Å². The molecule has 19 heavy (non-hydrogen) atoms. The van der Waals surface area contributed by atoms with Gasteiger partial charge in [-0.15, -0.1) is 5.10 Å². The molecule has 1 aromatic carbocycles. The van der Waals surface area contributed by atoms with E-state index < -0.39 is 0 Å². The second-order valence-electron chi connectivity index (χ2n) is 4.40. The Balaban J connectivity index is 2.19. The van der Waals surface area contributed by atoms with E-state index in [1.54, 1.807) is 0 Å². The minimum Gasteiger partial charge on any atom is -0.274 e. The van der Waals surface area contributed by atoms with Crippen molar-refractivity contribution >= 4 is 22.8 Å². The Bertz CT molecular complexity index is 647. The third-order valence-corrected chi connectivity index (χ3v) is 2.80. The first kappa shape index (κ1) is 13.0. The van der Waals surface area contributed by atoms with Crippen molar-refractivity contribution in [1.82, 2.24) is 25.8 Å². The molecule has 2 N–H and O–H groups in total. The fourth-order valence-electron chi connectivity index (χ4n) is 1.67. The van der Waals surface area contributed by atoms with Crippen LogP contribution in [0.5, 0.6) is 0 Å². The van der Waals surface area contributed by atoms with Crippen LogP contribution in [-0.2, 0) is 16.1 Å². The maximum absolute atomic E-state index is 11.6. The van der Waals surface area contributed by atoms with Crippen molar-refractivity contribution in [3.63, 3.8) is 0 Å². The third kappa shape index (κ3) is 2.87. The second-order valence-corrected chi connectivity index (χ2v) is 4.40. The Morgan fingerprint density at radius 2 is 1.89 bits per heavy atom. The van der Waals surface area contributed by atoms with Gasteiger partial charge in [-0.2, -0.15) is 0 Å². The molecule has 2 amide bonds. The Morgan fingerprint density at radius 1 is 1.21 bits per heavy atom. The number of hydrogen-bond acceptors (Lipinski definition) is 4. The van der Waals surface area contributed by atoms with Gasteiger partial charge in [0.1, 0.15) is 12.1 Å². The summed E-state index contributed by atoms with van der Waals surface area (Å²) < 4.78 is 1.50. The number of carbonyl (C=O) groups excluding carboxylic acids is 2. The minimum absolute atomic E-state index is 0.000713. The summed E-state index contributed by atoms with van der Waals surface area (Å²) in [6, 6.07) is 3.87. The number of amides is 2. The number of hydrogen-bond donors (Lipinski definition) is 2. The Kier molecular flexibility index (Phi) is 3.46. The van der Waals surface area contributed by atoms with Gasteiger partial charge in [0.15, 0.2) is 0 Å². The van der Waals surface area contributed by atoms with Crippen molar-refractivity contribution in [3.05, 3.63) is 23.3 Å². The molecule has 0 aliphatic carbocycles. The number of carbonyl (C=O) groups is 2. The van der Waals surface area contributed by atoms with Crippen molar-refractivity contribution in [2.24, 2.45) is 0 Å². The van der Waals surface area contributed by atoms with E-state index in [4.69, 9.17) is 0 Å². The first-order valence-electron chi connectivity index (χ1n) is 5.83. The first-order chi connectivity index (χ1) is 8.97. The molecular formula is C12H15N5O2. The summed E-state index contributed by atoms with van der Waals surface area (Å²) in [6.07, 6.45) is 0. The number of aromatic nitrogens is 3. The average molecular weight is 261 g/mol. The molecule has 1 heterocycles. The average Bonchev–Trinajstić information content (AvgIpc) is 2.70. The summed E-state index contributed by atoms with van der Waals surface area (Å²) in [6.45, 7) is 5.30. The Morgan fingerprint density at radius 3 is 2.58 bits per heavy atom. The quantitative estimate of drug-likeness (QED) is 0.757. The van der Waals surface area contributed by atoms with E-state index in [9.17, 15) is 9.59 Å². The lowest BCUT2D eigenvalue weighted by Gasteiger charge is -2.06. The van der Waals surface area contributed by atoms with Crippen LogP contribution in [0.2, 0.25) is 0 Å². The minimum atomic E-state index is -0.361. The molecule has 1 aromatic heterocycles. The number of hydrazine groups is 1. The van der Waals surface area contributed by atoms with E-state index in [0.29, 0.717) is 0 Å². The number of fused-ring (bicyclic) bond motifs is 1. The summed E-state index contributed by atoms with van der Waals surface area (Å²) in [5, 5.41) is 7.95. The predicted octanol–water partition coefficient (Wildman–Crippen LogP) is 0.215. The smallest absolute Gasteiger partial charge is 0.260 e. The fraction of sp³-hybridized carbons (Fsp3) is 0.333. The zero-order chi connectivity index (χ0) is 14.0. The molecule has 0 aliphatic heterocycles. The maximum Gasteiger partial charge on any atom is 0.260 e. The van der Waals surface area contributed by atoms with Crippen LogP contribution in [0.3, 0.4) is 0 Å². The van der Waals surface area contributed by atoms with Gasteiger partial charge in [0.05, 0.1) is 5.52 Å². The molecule has 7 nitrogen and oxygen atoms in total. The van der Waals surface area contributed by atoms with Crippen molar-refractivity contribution in [2.75, 3.05) is 0 Å². The van der Waals surface area contributed by atoms with E-state index in [0.717, 1.165) is 22.2 Å². The van der Waals surface area contributed by atoms with E-state index in [-0.39, 0.29) is 18.4 Å². The molecule has 2 rings (SSSR count). The maximum atomic E-state index is 11.6. The van der Waals surface area contributed by atoms with Crippen molar-refractivity contribution < 1.29 is 9.59 Å². The van der Waals surface area contributed by atoms with Crippen LogP contribution in [0, 0.1) is 13.8 Å². The third-order valence-electron chi connectivity index (χ3n) is 2.80. The summed E-state index contributed by atoms with van der Waals surface area (Å²) in [5.41, 5.74) is 8.29. The fourth-order valence-corrected chi connectivity index (χ4v) is 1.67. The van der Waals surface area contributed by atoms with Crippen molar-refractivity contribution in [1.29, 1.82) is 0 Å². The topological polar surface area (TPSA) is 88.9 Å². The molecule has 0 unspecified atom stereocenters. The molecule has 2 aromatic rings. The van der Waals surface area contributed by atoms with Gasteiger partial charge >= 0.3 is 0 Å². The van der Waals surface area contributed by atoms with Gasteiger partial charge < -0.3 is 0 Å². The summed E-state index contributed by atoms with van der Waals surface area (Å²) >= 11 is 0. The monoisotopic (exact) mass is 261 g/mol. The highest BCUT2D eigenvalue weighted by atomic mass is 16.2. The van der Waals surface area contributed by atoms with Gasteiger partial charge in [0, 0.05) is 6.92 Å². The number of aryl methyl sites for hydroxylation is 2. The number of benzene rings is 1. The van der Waals surface area contributed by atoms with E-state index >= 15 is 0 Å². The molecule has 0 fully saturated rings. The lowest BCUT2D eigenvalue weighted by Crippen LogP contribution is -2.42. The lowest BCUT2D eigenvalue weighted by molar-refractivity contribution is -0.128. The molecule has 0 spiro atoms. The van der Waals surface area contributed by atoms with Gasteiger partial charge in [-0.3, -0.25) is 20.4 Å². The first-order valence-corrected chi connectivity index (χ1v) is 5.83. The van der Waals surface area contributed by atoms with Crippen LogP contribution < -0.4 is 10.9 Å². The molecular weight excluding hydrogens is 246 g/mol. The van der Waals surface area contributed by atoms with E-state index in [1.165, 1.54) is 11.6 Å². The molecule has 0 saturated carbocycles. The highest BCUT2D eigenvalue weighted by molar-refractivity contribution is 5.82. The van der Waals surface area contributed by atoms with E-state index in [1.807, 2.05) is 26.0 Å². The van der Waals surface area contributed by atoms with Gasteiger partial charge in [0.25, 0.3) is 5.91 Å². The van der Waals surface area contributed by atoms with E-state index in [2.05, 4.69) is 21.2 Å². The van der Waals surface area contributed by atoms with Gasteiger partial charge in [-0.1, -0.05) is 5.21 Å².